The largest absolute Gasteiger partial charge is 0.506 e. The molecule has 320 valence electrons. The van der Waals surface area contributed by atoms with Gasteiger partial charge in [0.1, 0.15) is 18.0 Å². The Balaban J connectivity index is 1.45. The van der Waals surface area contributed by atoms with Gasteiger partial charge in [-0.1, -0.05) is 27.7 Å². The van der Waals surface area contributed by atoms with Crippen LogP contribution in [-0.4, -0.2) is 130 Å². The lowest BCUT2D eigenvalue weighted by atomic mass is 9.39. The van der Waals surface area contributed by atoms with Gasteiger partial charge in [-0.15, -0.1) is 0 Å². The van der Waals surface area contributed by atoms with Gasteiger partial charge in [0.15, 0.2) is 17.3 Å². The van der Waals surface area contributed by atoms with Crippen LogP contribution in [0.4, 0.5) is 0 Å². The first-order valence-electron chi connectivity index (χ1n) is 20.4. The predicted molar refractivity (Wildman–Crippen MR) is 198 cm³/mol. The summed E-state index contributed by atoms with van der Waals surface area (Å²) in [7, 11) is 0. The Labute approximate surface area is 328 Å². The van der Waals surface area contributed by atoms with Crippen molar-refractivity contribution in [3.8, 4) is 0 Å². The standard InChI is InChI=1S/C41H66O15/c1-19-16-26(46)37(2,3)30-25-18-39(6)21(28(19)30)17-24(45)29-20(40(7)12-9-27(56-40)38(4,5)52)8-13-41(29,39)53-15-11-23(44)32(48)34(36(51)54-25)55-35(50)33(49)31(47)22(43)10-14-42/h19-25,27-30,35-36,42-45,47-52H,8-18H2,1-7H3/b33-31-,34-32-/t19-,20?,21?,22+,23+,24-,25+,27-,28?,29?,30?,35-,36-,39-,40+,41+/m1/s1. The van der Waals surface area contributed by atoms with E-state index in [1.54, 1.807) is 13.8 Å². The highest BCUT2D eigenvalue weighted by atomic mass is 16.7. The highest BCUT2D eigenvalue weighted by Gasteiger charge is 2.74. The van der Waals surface area contributed by atoms with Crippen molar-refractivity contribution in [2.45, 2.75) is 166 Å². The molecule has 0 aromatic heterocycles. The topological polar surface area (TPSA) is 256 Å². The van der Waals surface area contributed by atoms with Gasteiger partial charge in [0, 0.05) is 48.5 Å². The zero-order chi connectivity index (χ0) is 41.5. The van der Waals surface area contributed by atoms with Crippen LogP contribution in [0.15, 0.2) is 23.0 Å². The van der Waals surface area contributed by atoms with Gasteiger partial charge < -0.3 is 70.0 Å². The summed E-state index contributed by atoms with van der Waals surface area (Å²) in [6.07, 6.45) is -7.31. The van der Waals surface area contributed by atoms with Crippen LogP contribution in [0.3, 0.4) is 0 Å². The fourth-order valence-corrected chi connectivity index (χ4v) is 12.4. The smallest absolute Gasteiger partial charge is 0.259 e. The molecular weight excluding hydrogens is 732 g/mol. The number of ketones is 1. The zero-order valence-electron chi connectivity index (χ0n) is 33.8. The van der Waals surface area contributed by atoms with E-state index in [0.717, 1.165) is 0 Å². The van der Waals surface area contributed by atoms with Crippen molar-refractivity contribution in [2.75, 3.05) is 13.2 Å². The molecule has 16 atom stereocenters. The molecule has 0 amide bonds. The fourth-order valence-electron chi connectivity index (χ4n) is 12.4. The Kier molecular flexibility index (Phi) is 11.8. The Morgan fingerprint density at radius 1 is 0.982 bits per heavy atom. The molecular formula is C41H66O15. The first kappa shape index (κ1) is 43.5. The molecule has 56 heavy (non-hydrogen) atoms. The molecule has 0 aromatic carbocycles. The number of aliphatic hydroxyl groups excluding tert-OH is 9. The minimum absolute atomic E-state index is 0.0144. The second kappa shape index (κ2) is 15.2. The van der Waals surface area contributed by atoms with Gasteiger partial charge in [0.25, 0.3) is 6.29 Å². The fraction of sp³-hybridized carbons (Fsp3) is 0.878. The van der Waals surface area contributed by atoms with Crippen molar-refractivity contribution in [1.82, 2.24) is 0 Å². The maximum atomic E-state index is 13.8. The van der Waals surface area contributed by atoms with Crippen molar-refractivity contribution < 1.29 is 74.8 Å². The molecule has 10 N–H and O–H groups in total. The van der Waals surface area contributed by atoms with Crippen LogP contribution >= 0.6 is 0 Å². The van der Waals surface area contributed by atoms with Crippen molar-refractivity contribution in [2.24, 2.45) is 46.3 Å². The molecule has 0 aromatic rings. The van der Waals surface area contributed by atoms with Crippen LogP contribution < -0.4 is 0 Å². The second-order valence-corrected chi connectivity index (χ2v) is 19.3. The number of ether oxygens (including phenoxy) is 4. The maximum Gasteiger partial charge on any atom is 0.259 e. The number of fused-ring (bicyclic) bond motifs is 4. The maximum absolute atomic E-state index is 13.8. The highest BCUT2D eigenvalue weighted by molar-refractivity contribution is 5.85. The van der Waals surface area contributed by atoms with Gasteiger partial charge in [-0.05, 0) is 83.0 Å². The van der Waals surface area contributed by atoms with Gasteiger partial charge in [0.05, 0.1) is 41.7 Å². The van der Waals surface area contributed by atoms with E-state index in [1.807, 2.05) is 20.8 Å². The van der Waals surface area contributed by atoms with Crippen LogP contribution in [0.25, 0.3) is 0 Å². The molecule has 2 aliphatic heterocycles. The van der Waals surface area contributed by atoms with E-state index in [0.29, 0.717) is 38.5 Å². The molecule has 1 saturated heterocycles. The van der Waals surface area contributed by atoms with Gasteiger partial charge in [-0.25, -0.2) is 0 Å². The van der Waals surface area contributed by atoms with E-state index in [2.05, 4.69) is 13.8 Å². The molecule has 5 unspecified atom stereocenters. The van der Waals surface area contributed by atoms with E-state index in [4.69, 9.17) is 24.1 Å². The lowest BCUT2D eigenvalue weighted by molar-refractivity contribution is -0.301. The Bertz CT molecular complexity index is 1540. The van der Waals surface area contributed by atoms with Crippen LogP contribution in [-0.2, 0) is 23.7 Å². The number of aliphatic hydroxyl groups is 10. The molecule has 15 heteroatoms. The van der Waals surface area contributed by atoms with Crippen molar-refractivity contribution in [1.29, 1.82) is 0 Å². The molecule has 2 bridgehead atoms. The van der Waals surface area contributed by atoms with E-state index >= 15 is 0 Å². The molecule has 5 fully saturated rings. The van der Waals surface area contributed by atoms with Crippen LogP contribution in [0.1, 0.15) is 106 Å². The monoisotopic (exact) mass is 798 g/mol. The Morgan fingerprint density at radius 3 is 2.29 bits per heavy atom. The summed E-state index contributed by atoms with van der Waals surface area (Å²) < 4.78 is 25.7. The Hall–Kier alpha value is -2.05. The van der Waals surface area contributed by atoms with Crippen molar-refractivity contribution in [3.05, 3.63) is 23.0 Å². The van der Waals surface area contributed by atoms with Crippen LogP contribution in [0.5, 0.6) is 0 Å². The first-order valence-corrected chi connectivity index (χ1v) is 20.4. The summed E-state index contributed by atoms with van der Waals surface area (Å²) in [6, 6.07) is 0. The highest BCUT2D eigenvalue weighted by Crippen LogP contribution is 2.72. The third kappa shape index (κ3) is 6.98. The number of Topliss-reactive ketones (excluding diaryl/α,β-unsaturated/α-hetero) is 1. The third-order valence-corrected chi connectivity index (χ3v) is 15.3. The summed E-state index contributed by atoms with van der Waals surface area (Å²) in [5.41, 5.74) is -4.40. The minimum atomic E-state index is -2.46. The lowest BCUT2D eigenvalue weighted by Crippen LogP contribution is -2.71. The first-order chi connectivity index (χ1) is 25.9. The molecule has 2 heterocycles. The molecule has 6 aliphatic rings. The molecule has 0 radical (unpaired) electrons. The van der Waals surface area contributed by atoms with Crippen molar-refractivity contribution >= 4 is 5.78 Å². The quantitative estimate of drug-likeness (QED) is 0.125. The minimum Gasteiger partial charge on any atom is -0.506 e. The van der Waals surface area contributed by atoms with Crippen molar-refractivity contribution in [3.63, 3.8) is 0 Å². The van der Waals surface area contributed by atoms with Gasteiger partial charge >= 0.3 is 0 Å². The number of carbonyl (C=O) groups excluding carboxylic acids is 1. The second-order valence-electron chi connectivity index (χ2n) is 19.3. The van der Waals surface area contributed by atoms with Gasteiger partial charge in [0.2, 0.25) is 12.0 Å². The van der Waals surface area contributed by atoms with Gasteiger partial charge in [-0.2, -0.15) is 0 Å². The van der Waals surface area contributed by atoms with E-state index in [1.165, 1.54) is 0 Å². The zero-order valence-corrected chi connectivity index (χ0v) is 33.8. The van der Waals surface area contributed by atoms with E-state index in [-0.39, 0.29) is 55.3 Å². The molecule has 6 rings (SSSR count). The average Bonchev–Trinajstić information content (AvgIpc) is 3.72. The van der Waals surface area contributed by atoms with E-state index in [9.17, 15) is 50.8 Å². The third-order valence-electron chi connectivity index (χ3n) is 15.3. The normalized spacial score (nSPS) is 47.1. The number of carbonyl (C=O) groups is 1. The van der Waals surface area contributed by atoms with Crippen LogP contribution in [0, 0.1) is 46.3 Å². The molecule has 15 nitrogen and oxygen atoms in total. The SMILES string of the molecule is C[C@@H]1CC(=O)C(C)(C)C2C1C1C[C@@H](O)C3C([C@]4(C)CC[C@H](C(C)(C)O)O4)CC[C@]34OCC[C@H](O)/C(O)=C(/O[C@@H](O)/C(O)=C(/O)[C@@H](O)CCO)[C@H](O)O[C@H]2C[C@]14C. The predicted octanol–water partition coefficient (Wildman–Crippen LogP) is 2.78. The van der Waals surface area contributed by atoms with Gasteiger partial charge in [-0.3, -0.25) is 4.79 Å². The number of hydrogen-bond donors (Lipinski definition) is 10. The van der Waals surface area contributed by atoms with E-state index < -0.39 is 112 Å². The summed E-state index contributed by atoms with van der Waals surface area (Å²) in [5, 5.41) is 109. The van der Waals surface area contributed by atoms with Crippen LogP contribution in [0.2, 0.25) is 0 Å². The lowest BCUT2D eigenvalue weighted by Gasteiger charge is -2.68. The number of rotatable bonds is 8. The molecule has 4 saturated carbocycles. The summed E-state index contributed by atoms with van der Waals surface area (Å²) in [6.45, 7) is 12.8. The average molecular weight is 799 g/mol. The summed E-state index contributed by atoms with van der Waals surface area (Å²) in [5.74, 6) is -5.73. The summed E-state index contributed by atoms with van der Waals surface area (Å²) in [4.78, 5) is 13.8. The number of hydrogen-bond acceptors (Lipinski definition) is 15. The summed E-state index contributed by atoms with van der Waals surface area (Å²) >= 11 is 0. The Morgan fingerprint density at radius 2 is 1.66 bits per heavy atom. The molecule has 4 aliphatic carbocycles. The molecule has 1 spiro atoms.